The van der Waals surface area contributed by atoms with Crippen molar-refractivity contribution in [2.75, 3.05) is 19.6 Å². The van der Waals surface area contributed by atoms with Crippen LogP contribution in [0.4, 0.5) is 0 Å². The molecular formula is C14H17ClN2O3. The molecule has 0 bridgehead atoms. The van der Waals surface area contributed by atoms with E-state index in [0.717, 1.165) is 17.7 Å². The molecule has 0 aliphatic carbocycles. The maximum Gasteiger partial charge on any atom is 0.325 e. The highest BCUT2D eigenvalue weighted by molar-refractivity contribution is 6.30. The molecule has 0 saturated carbocycles. The molecule has 2 atom stereocenters. The highest BCUT2D eigenvalue weighted by atomic mass is 35.5. The number of hydrogen-bond acceptors (Lipinski definition) is 4. The summed E-state index contributed by atoms with van der Waals surface area (Å²) in [4.78, 5) is 13.2. The first-order valence-electron chi connectivity index (χ1n) is 6.66. The van der Waals surface area contributed by atoms with Crippen LogP contribution >= 0.6 is 11.6 Å². The minimum atomic E-state index is -1.12. The number of likely N-dealkylation sites (tertiary alicyclic amines) is 1. The number of benzene rings is 1. The van der Waals surface area contributed by atoms with Crippen LogP contribution in [0.5, 0.6) is 5.75 Å². The van der Waals surface area contributed by atoms with Crippen LogP contribution in [0, 0.1) is 0 Å². The Labute approximate surface area is 122 Å². The topological polar surface area (TPSA) is 75.8 Å². The van der Waals surface area contributed by atoms with E-state index in [-0.39, 0.29) is 6.10 Å². The van der Waals surface area contributed by atoms with E-state index in [4.69, 9.17) is 27.2 Å². The molecule has 0 spiro atoms. The smallest absolute Gasteiger partial charge is 0.325 e. The quantitative estimate of drug-likeness (QED) is 0.874. The van der Waals surface area contributed by atoms with Crippen LogP contribution in [0.25, 0.3) is 0 Å². The summed E-state index contributed by atoms with van der Waals surface area (Å²) in [5.74, 6) is -0.0572. The number of hydrogen-bond donors (Lipinski definition) is 2. The number of carboxylic acid groups (broad SMARTS) is 1. The molecule has 3 N–H and O–H groups in total. The summed E-state index contributed by atoms with van der Waals surface area (Å²) in [5.41, 5.74) is 5.86. The van der Waals surface area contributed by atoms with Crippen LogP contribution < -0.4 is 10.5 Å². The second-order valence-corrected chi connectivity index (χ2v) is 6.08. The Balaban J connectivity index is 1.61. The maximum absolute atomic E-state index is 11.1. The third kappa shape index (κ3) is 2.49. The van der Waals surface area contributed by atoms with Gasteiger partial charge in [-0.1, -0.05) is 11.6 Å². The third-order valence-corrected chi connectivity index (χ3v) is 4.27. The Morgan fingerprint density at radius 2 is 2.40 bits per heavy atom. The molecule has 1 saturated heterocycles. The fourth-order valence-electron chi connectivity index (χ4n) is 2.92. The molecule has 2 aliphatic rings. The van der Waals surface area contributed by atoms with Gasteiger partial charge in [0.25, 0.3) is 0 Å². The zero-order chi connectivity index (χ0) is 14.3. The SMILES string of the molecule is NC1(C(=O)O)CCN(CC2Cc3cc(Cl)ccc3O2)C1. The highest BCUT2D eigenvalue weighted by Gasteiger charge is 2.42. The van der Waals surface area contributed by atoms with Gasteiger partial charge in [0.1, 0.15) is 17.4 Å². The van der Waals surface area contributed by atoms with Gasteiger partial charge in [-0.25, -0.2) is 0 Å². The van der Waals surface area contributed by atoms with Gasteiger partial charge in [0.15, 0.2) is 0 Å². The van der Waals surface area contributed by atoms with Gasteiger partial charge in [-0.15, -0.1) is 0 Å². The molecule has 0 amide bonds. The van der Waals surface area contributed by atoms with Crippen LogP contribution in [0.15, 0.2) is 18.2 Å². The van der Waals surface area contributed by atoms with Gasteiger partial charge in [0.05, 0.1) is 0 Å². The average Bonchev–Trinajstić information content (AvgIpc) is 2.93. The summed E-state index contributed by atoms with van der Waals surface area (Å²) in [6, 6.07) is 5.62. The molecule has 2 heterocycles. The molecule has 1 aromatic rings. The van der Waals surface area contributed by atoms with E-state index >= 15 is 0 Å². The van der Waals surface area contributed by atoms with Crippen LogP contribution in [0.1, 0.15) is 12.0 Å². The second-order valence-electron chi connectivity index (χ2n) is 5.64. The van der Waals surface area contributed by atoms with E-state index in [2.05, 4.69) is 4.90 Å². The molecule has 6 heteroatoms. The first-order chi connectivity index (χ1) is 9.46. The van der Waals surface area contributed by atoms with E-state index in [1.807, 2.05) is 18.2 Å². The predicted octanol–water partition coefficient (Wildman–Crippen LogP) is 1.13. The standard InChI is InChI=1S/C14H17ClN2O3/c15-10-1-2-12-9(5-10)6-11(20-12)7-17-4-3-14(16,8-17)13(18)19/h1-2,5,11H,3-4,6-8,16H2,(H,18,19). The van der Waals surface area contributed by atoms with Gasteiger partial charge in [-0.2, -0.15) is 0 Å². The monoisotopic (exact) mass is 296 g/mol. The average molecular weight is 297 g/mol. The number of ether oxygens (including phenoxy) is 1. The molecule has 1 aromatic carbocycles. The van der Waals surface area contributed by atoms with Crippen molar-refractivity contribution in [3.05, 3.63) is 28.8 Å². The number of carboxylic acids is 1. The number of carbonyl (C=O) groups is 1. The number of aliphatic carboxylic acids is 1. The van der Waals surface area contributed by atoms with Crippen LogP contribution in [-0.2, 0) is 11.2 Å². The minimum Gasteiger partial charge on any atom is -0.488 e. The van der Waals surface area contributed by atoms with Gasteiger partial charge < -0.3 is 15.6 Å². The van der Waals surface area contributed by atoms with Crippen molar-refractivity contribution in [3.63, 3.8) is 0 Å². The molecular weight excluding hydrogens is 280 g/mol. The van der Waals surface area contributed by atoms with Crippen LogP contribution in [0.3, 0.4) is 0 Å². The molecule has 5 nitrogen and oxygen atoms in total. The molecule has 108 valence electrons. The van der Waals surface area contributed by atoms with E-state index in [1.165, 1.54) is 0 Å². The third-order valence-electron chi connectivity index (χ3n) is 4.03. The minimum absolute atomic E-state index is 0.0413. The molecule has 20 heavy (non-hydrogen) atoms. The number of fused-ring (bicyclic) bond motifs is 1. The lowest BCUT2D eigenvalue weighted by Crippen LogP contribution is -2.50. The highest BCUT2D eigenvalue weighted by Crippen LogP contribution is 2.32. The first-order valence-corrected chi connectivity index (χ1v) is 7.04. The van der Waals surface area contributed by atoms with Crippen LogP contribution in [0.2, 0.25) is 5.02 Å². The van der Waals surface area contributed by atoms with Gasteiger partial charge in [0, 0.05) is 31.1 Å². The van der Waals surface area contributed by atoms with E-state index in [9.17, 15) is 4.79 Å². The largest absolute Gasteiger partial charge is 0.488 e. The van der Waals surface area contributed by atoms with Gasteiger partial charge >= 0.3 is 5.97 Å². The summed E-state index contributed by atoms with van der Waals surface area (Å²) in [7, 11) is 0. The van der Waals surface area contributed by atoms with E-state index in [0.29, 0.717) is 31.1 Å². The molecule has 3 rings (SSSR count). The summed E-state index contributed by atoms with van der Waals surface area (Å²) in [6.07, 6.45) is 1.32. The normalized spacial score (nSPS) is 29.2. The van der Waals surface area contributed by atoms with Crippen molar-refractivity contribution in [3.8, 4) is 5.75 Å². The molecule has 0 radical (unpaired) electrons. The van der Waals surface area contributed by atoms with Crippen molar-refractivity contribution < 1.29 is 14.6 Å². The van der Waals surface area contributed by atoms with Crippen LogP contribution in [-0.4, -0.2) is 47.3 Å². The first kappa shape index (κ1) is 13.7. The van der Waals surface area contributed by atoms with E-state index in [1.54, 1.807) is 0 Å². The van der Waals surface area contributed by atoms with Gasteiger partial charge in [0.2, 0.25) is 0 Å². The molecule has 2 unspecified atom stereocenters. The lowest BCUT2D eigenvalue weighted by Gasteiger charge is -2.22. The Morgan fingerprint density at radius 1 is 1.60 bits per heavy atom. The van der Waals surface area contributed by atoms with Gasteiger partial charge in [-0.3, -0.25) is 9.69 Å². The molecule has 2 aliphatic heterocycles. The van der Waals surface area contributed by atoms with Crippen molar-refractivity contribution >= 4 is 17.6 Å². The number of nitrogens with two attached hydrogens (primary N) is 1. The van der Waals surface area contributed by atoms with E-state index < -0.39 is 11.5 Å². The summed E-state index contributed by atoms with van der Waals surface area (Å²) in [6.45, 7) is 1.76. The molecule has 0 aromatic heterocycles. The Kier molecular flexibility index (Phi) is 3.36. The fourth-order valence-corrected chi connectivity index (χ4v) is 3.12. The summed E-state index contributed by atoms with van der Waals surface area (Å²) >= 11 is 5.97. The number of rotatable bonds is 3. The van der Waals surface area contributed by atoms with Gasteiger partial charge in [-0.05, 0) is 30.2 Å². The Morgan fingerprint density at radius 3 is 3.10 bits per heavy atom. The number of halogens is 1. The zero-order valence-electron chi connectivity index (χ0n) is 11.0. The predicted molar refractivity (Wildman–Crippen MR) is 75.2 cm³/mol. The summed E-state index contributed by atoms with van der Waals surface area (Å²) < 4.78 is 5.86. The van der Waals surface area contributed by atoms with Crippen molar-refractivity contribution in [2.45, 2.75) is 24.5 Å². The lowest BCUT2D eigenvalue weighted by atomic mass is 10.0. The Bertz CT molecular complexity index is 551. The lowest BCUT2D eigenvalue weighted by molar-refractivity contribution is -0.142. The summed E-state index contributed by atoms with van der Waals surface area (Å²) in [5, 5.41) is 9.84. The zero-order valence-corrected chi connectivity index (χ0v) is 11.8. The fraction of sp³-hybridized carbons (Fsp3) is 0.500. The Hall–Kier alpha value is -1.30. The number of nitrogens with zero attached hydrogens (tertiary/aromatic N) is 1. The maximum atomic E-state index is 11.1. The van der Waals surface area contributed by atoms with Crippen molar-refractivity contribution in [1.29, 1.82) is 0 Å². The molecule has 1 fully saturated rings. The second kappa shape index (κ2) is 4.91. The van der Waals surface area contributed by atoms with Crippen molar-refractivity contribution in [2.24, 2.45) is 5.73 Å². The van der Waals surface area contributed by atoms with Crippen molar-refractivity contribution in [1.82, 2.24) is 4.90 Å².